The number of nitrogens with zero attached hydrogens (tertiary/aromatic N) is 5. The number of carbonyl (C=O) groups is 1. The minimum absolute atomic E-state index is 0.128. The van der Waals surface area contributed by atoms with E-state index in [1.807, 2.05) is 60.3 Å². The molecule has 1 N–H and O–H groups in total. The predicted octanol–water partition coefficient (Wildman–Crippen LogP) is 2.88. The van der Waals surface area contributed by atoms with Gasteiger partial charge >= 0.3 is 0 Å². The Morgan fingerprint density at radius 2 is 2.07 bits per heavy atom. The molecule has 3 heterocycles. The SMILES string of the molecule is COCCNC(=O)c1cccc(-n2ccnc2-c2cnn3c(C)cc(C)nc23)c1C. The number of amides is 1. The van der Waals surface area contributed by atoms with Crippen molar-refractivity contribution in [2.75, 3.05) is 20.3 Å². The van der Waals surface area contributed by atoms with Crippen LogP contribution in [-0.4, -0.2) is 50.3 Å². The van der Waals surface area contributed by atoms with E-state index in [0.717, 1.165) is 39.7 Å². The number of benzene rings is 1. The predicted molar refractivity (Wildman–Crippen MR) is 114 cm³/mol. The fraction of sp³-hybridized carbons (Fsp3) is 0.273. The van der Waals surface area contributed by atoms with Crippen molar-refractivity contribution in [3.63, 3.8) is 0 Å². The maximum absolute atomic E-state index is 12.6. The van der Waals surface area contributed by atoms with Crippen molar-refractivity contribution in [3.8, 4) is 17.1 Å². The van der Waals surface area contributed by atoms with E-state index in [2.05, 4.69) is 20.4 Å². The van der Waals surface area contributed by atoms with Gasteiger partial charge in [0.15, 0.2) is 5.65 Å². The van der Waals surface area contributed by atoms with E-state index in [-0.39, 0.29) is 5.91 Å². The fourth-order valence-corrected chi connectivity index (χ4v) is 3.62. The molecule has 0 aliphatic rings. The van der Waals surface area contributed by atoms with Gasteiger partial charge < -0.3 is 10.1 Å². The maximum atomic E-state index is 12.6. The molecule has 0 bridgehead atoms. The van der Waals surface area contributed by atoms with Crippen molar-refractivity contribution in [2.45, 2.75) is 20.8 Å². The normalized spacial score (nSPS) is 11.2. The Balaban J connectivity index is 1.78. The highest BCUT2D eigenvalue weighted by Gasteiger charge is 2.18. The van der Waals surface area contributed by atoms with Crippen LogP contribution in [0.1, 0.15) is 27.3 Å². The lowest BCUT2D eigenvalue weighted by Crippen LogP contribution is -2.27. The van der Waals surface area contributed by atoms with Crippen LogP contribution >= 0.6 is 0 Å². The van der Waals surface area contributed by atoms with Gasteiger partial charge in [0.2, 0.25) is 0 Å². The standard InChI is InChI=1S/C22H24N6O2/c1-14-12-15(2)28-21(26-14)18(13-25-28)20-23-8-10-27(20)19-7-5-6-17(16(19)3)22(29)24-9-11-30-4/h5-8,10,12-13H,9,11H2,1-4H3,(H,24,29). The minimum atomic E-state index is -0.128. The molecular weight excluding hydrogens is 380 g/mol. The first-order valence-corrected chi connectivity index (χ1v) is 9.74. The third-order valence-corrected chi connectivity index (χ3v) is 5.06. The van der Waals surface area contributed by atoms with Crippen molar-refractivity contribution in [2.24, 2.45) is 0 Å². The molecule has 4 aromatic rings. The second-order valence-electron chi connectivity index (χ2n) is 7.15. The Hall–Kier alpha value is -3.52. The molecule has 0 aliphatic carbocycles. The third-order valence-electron chi connectivity index (χ3n) is 5.06. The monoisotopic (exact) mass is 404 g/mol. The quantitative estimate of drug-likeness (QED) is 0.500. The van der Waals surface area contributed by atoms with E-state index in [1.165, 1.54) is 0 Å². The molecule has 154 valence electrons. The first-order chi connectivity index (χ1) is 14.5. The number of hydrogen-bond acceptors (Lipinski definition) is 5. The Labute approximate surface area is 174 Å². The number of hydrogen-bond donors (Lipinski definition) is 1. The van der Waals surface area contributed by atoms with Crippen LogP contribution in [-0.2, 0) is 4.74 Å². The van der Waals surface area contributed by atoms with Crippen molar-refractivity contribution in [1.82, 2.24) is 29.5 Å². The van der Waals surface area contributed by atoms with E-state index in [9.17, 15) is 4.79 Å². The van der Waals surface area contributed by atoms with Crippen LogP contribution in [0.3, 0.4) is 0 Å². The second-order valence-corrected chi connectivity index (χ2v) is 7.15. The molecule has 8 nitrogen and oxygen atoms in total. The van der Waals surface area contributed by atoms with E-state index in [1.54, 1.807) is 19.5 Å². The molecule has 0 radical (unpaired) electrons. The molecule has 0 saturated carbocycles. The number of fused-ring (bicyclic) bond motifs is 1. The van der Waals surface area contributed by atoms with Gasteiger partial charge in [0.1, 0.15) is 5.82 Å². The molecule has 30 heavy (non-hydrogen) atoms. The van der Waals surface area contributed by atoms with Gasteiger partial charge in [0.05, 0.1) is 24.1 Å². The van der Waals surface area contributed by atoms with E-state index >= 15 is 0 Å². The van der Waals surface area contributed by atoms with Crippen LogP contribution in [0.2, 0.25) is 0 Å². The lowest BCUT2D eigenvalue weighted by Gasteiger charge is -2.14. The first kappa shape index (κ1) is 19.8. The number of aryl methyl sites for hydroxylation is 2. The van der Waals surface area contributed by atoms with Crippen molar-refractivity contribution >= 4 is 11.6 Å². The number of imidazole rings is 1. The summed E-state index contributed by atoms with van der Waals surface area (Å²) < 4.78 is 8.79. The van der Waals surface area contributed by atoms with Gasteiger partial charge in [0.25, 0.3) is 5.91 Å². The van der Waals surface area contributed by atoms with Crippen LogP contribution in [0.5, 0.6) is 0 Å². The van der Waals surface area contributed by atoms with Crippen molar-refractivity contribution in [1.29, 1.82) is 0 Å². The first-order valence-electron chi connectivity index (χ1n) is 9.74. The largest absolute Gasteiger partial charge is 0.383 e. The zero-order valence-corrected chi connectivity index (χ0v) is 17.5. The molecule has 0 unspecified atom stereocenters. The Bertz CT molecular complexity index is 1220. The maximum Gasteiger partial charge on any atom is 0.251 e. The smallest absolute Gasteiger partial charge is 0.251 e. The molecule has 0 spiro atoms. The fourth-order valence-electron chi connectivity index (χ4n) is 3.62. The van der Waals surface area contributed by atoms with Gasteiger partial charge in [0, 0.05) is 43.0 Å². The molecule has 1 aromatic carbocycles. The molecule has 0 aliphatic heterocycles. The molecule has 0 atom stereocenters. The second kappa shape index (κ2) is 8.08. The summed E-state index contributed by atoms with van der Waals surface area (Å²) in [4.78, 5) is 21.9. The van der Waals surface area contributed by atoms with Gasteiger partial charge in [-0.15, -0.1) is 0 Å². The summed E-state index contributed by atoms with van der Waals surface area (Å²) >= 11 is 0. The molecule has 4 rings (SSSR count). The summed E-state index contributed by atoms with van der Waals surface area (Å²) in [6.45, 7) is 6.83. The zero-order valence-electron chi connectivity index (χ0n) is 17.5. The summed E-state index contributed by atoms with van der Waals surface area (Å²) in [6.07, 6.45) is 5.41. The minimum Gasteiger partial charge on any atom is -0.383 e. The van der Waals surface area contributed by atoms with Gasteiger partial charge in [-0.25, -0.2) is 14.5 Å². The summed E-state index contributed by atoms with van der Waals surface area (Å²) in [5.74, 6) is 0.597. The summed E-state index contributed by atoms with van der Waals surface area (Å²) in [7, 11) is 1.61. The summed E-state index contributed by atoms with van der Waals surface area (Å²) in [5, 5.41) is 7.36. The van der Waals surface area contributed by atoms with Crippen LogP contribution in [0.4, 0.5) is 0 Å². The number of ether oxygens (including phenoxy) is 1. The van der Waals surface area contributed by atoms with E-state index in [4.69, 9.17) is 4.74 Å². The highest BCUT2D eigenvalue weighted by Crippen LogP contribution is 2.28. The highest BCUT2D eigenvalue weighted by atomic mass is 16.5. The number of rotatable bonds is 6. The van der Waals surface area contributed by atoms with Crippen LogP contribution < -0.4 is 5.32 Å². The number of nitrogens with one attached hydrogen (secondary N) is 1. The van der Waals surface area contributed by atoms with Crippen LogP contribution in [0, 0.1) is 20.8 Å². The van der Waals surface area contributed by atoms with Gasteiger partial charge in [-0.3, -0.25) is 9.36 Å². The Kier molecular flexibility index (Phi) is 5.33. The van der Waals surface area contributed by atoms with Gasteiger partial charge in [-0.05, 0) is 44.5 Å². The molecule has 8 heteroatoms. The lowest BCUT2D eigenvalue weighted by atomic mass is 10.1. The number of carbonyl (C=O) groups excluding carboxylic acids is 1. The number of methoxy groups -OCH3 is 1. The Morgan fingerprint density at radius 1 is 1.23 bits per heavy atom. The van der Waals surface area contributed by atoms with Crippen LogP contribution in [0.25, 0.3) is 22.7 Å². The lowest BCUT2D eigenvalue weighted by molar-refractivity contribution is 0.0936. The van der Waals surface area contributed by atoms with Crippen LogP contribution in [0.15, 0.2) is 42.9 Å². The molecule has 0 fully saturated rings. The highest BCUT2D eigenvalue weighted by molar-refractivity contribution is 5.96. The molecular formula is C22H24N6O2. The molecule has 1 amide bonds. The Morgan fingerprint density at radius 3 is 2.87 bits per heavy atom. The van der Waals surface area contributed by atoms with Crippen molar-refractivity contribution < 1.29 is 9.53 Å². The van der Waals surface area contributed by atoms with Gasteiger partial charge in [-0.1, -0.05) is 6.07 Å². The molecule has 0 saturated heterocycles. The number of aromatic nitrogens is 5. The summed E-state index contributed by atoms with van der Waals surface area (Å²) in [6, 6.07) is 7.66. The third kappa shape index (κ3) is 3.46. The zero-order chi connectivity index (χ0) is 21.3. The average Bonchev–Trinajstić information content (AvgIpc) is 3.35. The van der Waals surface area contributed by atoms with Crippen molar-refractivity contribution in [3.05, 3.63) is 65.4 Å². The average molecular weight is 404 g/mol. The summed E-state index contributed by atoms with van der Waals surface area (Å²) in [5.41, 5.74) is 5.88. The molecule has 3 aromatic heterocycles. The van der Waals surface area contributed by atoms with Gasteiger partial charge in [-0.2, -0.15) is 5.10 Å². The van der Waals surface area contributed by atoms with E-state index in [0.29, 0.717) is 18.7 Å². The topological polar surface area (TPSA) is 86.3 Å². The van der Waals surface area contributed by atoms with E-state index < -0.39 is 0 Å².